The molecule has 1 aliphatic rings. The summed E-state index contributed by atoms with van der Waals surface area (Å²) in [6.07, 6.45) is -6.86. The van der Waals surface area contributed by atoms with E-state index in [1.54, 1.807) is 0 Å². The second kappa shape index (κ2) is 9.13. The van der Waals surface area contributed by atoms with Crippen molar-refractivity contribution in [2.24, 2.45) is 5.73 Å². The van der Waals surface area contributed by atoms with Gasteiger partial charge in [-0.2, -0.15) is 0 Å². The molecule has 1 aliphatic heterocycles. The standard InChI is InChI=1S/C15H21NO10/c1-6(17)22-5-10-11(23-7(2)18)12(24-8(3)19)13(25-9(4)20)14(26-10)15(16)21/h10-14H,5H2,1-4H3,(H2,16,21)/t10-,11-,12+,13+,14+/m1/s1. The number of amides is 1. The lowest BCUT2D eigenvalue weighted by molar-refractivity contribution is -0.248. The SMILES string of the molecule is CC(=O)OC[C@H]1O[C@H](C(N)=O)[C@@H](OC(C)=O)[C@@H](OC(C)=O)[C@@H]1OC(C)=O. The zero-order chi connectivity index (χ0) is 20.0. The monoisotopic (exact) mass is 375 g/mol. The van der Waals surface area contributed by atoms with Crippen molar-refractivity contribution in [2.75, 3.05) is 6.61 Å². The lowest BCUT2D eigenvalue weighted by Crippen LogP contribution is -2.65. The van der Waals surface area contributed by atoms with Crippen LogP contribution in [0.3, 0.4) is 0 Å². The van der Waals surface area contributed by atoms with Crippen LogP contribution in [0, 0.1) is 0 Å². The van der Waals surface area contributed by atoms with Crippen LogP contribution < -0.4 is 5.73 Å². The molecule has 0 aromatic heterocycles. The van der Waals surface area contributed by atoms with Gasteiger partial charge in [0.05, 0.1) is 0 Å². The molecule has 11 heteroatoms. The fraction of sp³-hybridized carbons (Fsp3) is 0.667. The highest BCUT2D eigenvalue weighted by Gasteiger charge is 2.53. The maximum absolute atomic E-state index is 11.7. The summed E-state index contributed by atoms with van der Waals surface area (Å²) in [6, 6.07) is 0. The average molecular weight is 375 g/mol. The fourth-order valence-corrected chi connectivity index (χ4v) is 2.46. The summed E-state index contributed by atoms with van der Waals surface area (Å²) in [6.45, 7) is 3.96. The van der Waals surface area contributed by atoms with Crippen LogP contribution in [-0.4, -0.2) is 66.9 Å². The molecule has 0 bridgehead atoms. The molecule has 1 heterocycles. The highest BCUT2D eigenvalue weighted by atomic mass is 16.7. The Kier molecular flexibility index (Phi) is 7.50. The smallest absolute Gasteiger partial charge is 0.303 e. The Morgan fingerprint density at radius 3 is 1.65 bits per heavy atom. The highest BCUT2D eigenvalue weighted by molar-refractivity contribution is 5.81. The number of hydrogen-bond donors (Lipinski definition) is 1. The van der Waals surface area contributed by atoms with Crippen LogP contribution in [0.2, 0.25) is 0 Å². The average Bonchev–Trinajstić information content (AvgIpc) is 2.47. The predicted molar refractivity (Wildman–Crippen MR) is 81.2 cm³/mol. The summed E-state index contributed by atoms with van der Waals surface area (Å²) in [5, 5.41) is 0. The topological polar surface area (TPSA) is 158 Å². The predicted octanol–water partition coefficient (Wildman–Crippen LogP) is -1.40. The van der Waals surface area contributed by atoms with Crippen molar-refractivity contribution in [2.45, 2.75) is 58.2 Å². The van der Waals surface area contributed by atoms with E-state index in [0.717, 1.165) is 27.7 Å². The number of ether oxygens (including phenoxy) is 5. The highest BCUT2D eigenvalue weighted by Crippen LogP contribution is 2.29. The van der Waals surface area contributed by atoms with Crippen LogP contribution in [0.5, 0.6) is 0 Å². The van der Waals surface area contributed by atoms with E-state index >= 15 is 0 Å². The third-order valence-electron chi connectivity index (χ3n) is 3.27. The molecule has 0 spiro atoms. The molecule has 0 saturated carbocycles. The molecule has 0 aromatic carbocycles. The van der Waals surface area contributed by atoms with Gasteiger partial charge in [-0.15, -0.1) is 0 Å². The van der Waals surface area contributed by atoms with Crippen molar-refractivity contribution in [3.63, 3.8) is 0 Å². The quantitative estimate of drug-likeness (QED) is 0.432. The number of rotatable bonds is 6. The fourth-order valence-electron chi connectivity index (χ4n) is 2.46. The summed E-state index contributed by atoms with van der Waals surface area (Å²) in [7, 11) is 0. The van der Waals surface area contributed by atoms with Crippen molar-refractivity contribution < 1.29 is 47.7 Å². The zero-order valence-electron chi connectivity index (χ0n) is 14.8. The number of hydrogen-bond acceptors (Lipinski definition) is 10. The molecule has 0 aromatic rings. The summed E-state index contributed by atoms with van der Waals surface area (Å²) in [4.78, 5) is 57.1. The minimum atomic E-state index is -1.52. The third kappa shape index (κ3) is 5.99. The molecule has 146 valence electrons. The van der Waals surface area contributed by atoms with E-state index in [4.69, 9.17) is 29.4 Å². The molecular weight excluding hydrogens is 354 g/mol. The van der Waals surface area contributed by atoms with Crippen LogP contribution in [0.4, 0.5) is 0 Å². The first-order valence-electron chi connectivity index (χ1n) is 7.62. The first kappa shape index (κ1) is 21.4. The van der Waals surface area contributed by atoms with Crippen molar-refractivity contribution >= 4 is 29.8 Å². The summed E-state index contributed by atoms with van der Waals surface area (Å²) >= 11 is 0. The number of carbonyl (C=O) groups excluding carboxylic acids is 5. The van der Waals surface area contributed by atoms with Crippen LogP contribution >= 0.6 is 0 Å². The van der Waals surface area contributed by atoms with Gasteiger partial charge >= 0.3 is 23.9 Å². The molecule has 11 nitrogen and oxygen atoms in total. The molecule has 1 amide bonds. The van der Waals surface area contributed by atoms with E-state index in [9.17, 15) is 24.0 Å². The third-order valence-corrected chi connectivity index (χ3v) is 3.27. The summed E-state index contributed by atoms with van der Waals surface area (Å²) in [5.41, 5.74) is 5.28. The molecule has 0 aliphatic carbocycles. The van der Waals surface area contributed by atoms with Gasteiger partial charge in [0.2, 0.25) is 0 Å². The largest absolute Gasteiger partial charge is 0.463 e. The Balaban J connectivity index is 3.29. The number of esters is 4. The van der Waals surface area contributed by atoms with Crippen LogP contribution in [0.1, 0.15) is 27.7 Å². The Labute approximate surface area is 149 Å². The number of primary amides is 1. The van der Waals surface area contributed by atoms with E-state index < -0.39 is 66.9 Å². The van der Waals surface area contributed by atoms with Crippen LogP contribution in [0.25, 0.3) is 0 Å². The second-order valence-corrected chi connectivity index (χ2v) is 5.52. The summed E-state index contributed by atoms with van der Waals surface area (Å²) in [5.74, 6) is -4.02. The first-order valence-corrected chi connectivity index (χ1v) is 7.62. The Morgan fingerprint density at radius 1 is 0.769 bits per heavy atom. The second-order valence-electron chi connectivity index (χ2n) is 5.52. The van der Waals surface area contributed by atoms with Crippen molar-refractivity contribution in [3.05, 3.63) is 0 Å². The van der Waals surface area contributed by atoms with E-state index in [2.05, 4.69) is 0 Å². The van der Waals surface area contributed by atoms with Gasteiger partial charge in [-0.25, -0.2) is 0 Å². The number of carbonyl (C=O) groups is 5. The molecule has 26 heavy (non-hydrogen) atoms. The van der Waals surface area contributed by atoms with Crippen molar-refractivity contribution in [1.82, 2.24) is 0 Å². The van der Waals surface area contributed by atoms with Gasteiger partial charge in [-0.05, 0) is 0 Å². The maximum Gasteiger partial charge on any atom is 0.303 e. The van der Waals surface area contributed by atoms with Gasteiger partial charge in [-0.1, -0.05) is 0 Å². The van der Waals surface area contributed by atoms with E-state index in [1.807, 2.05) is 0 Å². The Morgan fingerprint density at radius 2 is 1.23 bits per heavy atom. The van der Waals surface area contributed by atoms with Gasteiger partial charge in [0.25, 0.3) is 5.91 Å². The van der Waals surface area contributed by atoms with E-state index in [0.29, 0.717) is 0 Å². The van der Waals surface area contributed by atoms with Gasteiger partial charge in [-0.3, -0.25) is 24.0 Å². The lowest BCUT2D eigenvalue weighted by Gasteiger charge is -2.43. The molecule has 1 fully saturated rings. The summed E-state index contributed by atoms with van der Waals surface area (Å²) < 4.78 is 25.5. The van der Waals surface area contributed by atoms with E-state index in [-0.39, 0.29) is 0 Å². The Hall–Kier alpha value is -2.69. The zero-order valence-corrected chi connectivity index (χ0v) is 14.8. The molecular formula is C15H21NO10. The molecule has 1 rings (SSSR count). The van der Waals surface area contributed by atoms with Gasteiger partial charge in [0.15, 0.2) is 24.4 Å². The Bertz CT molecular complexity index is 589. The maximum atomic E-state index is 11.7. The normalized spacial score (nSPS) is 27.8. The lowest BCUT2D eigenvalue weighted by atomic mass is 9.93. The van der Waals surface area contributed by atoms with Gasteiger partial charge < -0.3 is 29.4 Å². The van der Waals surface area contributed by atoms with E-state index in [1.165, 1.54) is 0 Å². The molecule has 0 radical (unpaired) electrons. The number of nitrogens with two attached hydrogens (primary N) is 1. The minimum Gasteiger partial charge on any atom is -0.463 e. The van der Waals surface area contributed by atoms with Gasteiger partial charge in [0.1, 0.15) is 12.7 Å². The molecule has 0 unspecified atom stereocenters. The molecule has 2 N–H and O–H groups in total. The van der Waals surface area contributed by atoms with Crippen LogP contribution in [0.15, 0.2) is 0 Å². The van der Waals surface area contributed by atoms with Crippen molar-refractivity contribution in [1.29, 1.82) is 0 Å². The first-order chi connectivity index (χ1) is 12.0. The minimum absolute atomic E-state index is 0.415. The molecule has 5 atom stereocenters. The van der Waals surface area contributed by atoms with Crippen molar-refractivity contribution in [3.8, 4) is 0 Å². The molecule has 1 saturated heterocycles. The van der Waals surface area contributed by atoms with Crippen LogP contribution in [-0.2, 0) is 47.7 Å². The van der Waals surface area contributed by atoms with Gasteiger partial charge in [0, 0.05) is 27.7 Å².